The molecule has 0 amide bonds. The summed E-state index contributed by atoms with van der Waals surface area (Å²) in [6, 6.07) is 0. The molecule has 1 heterocycles. The largest absolute Gasteiger partial charge is 0.330 e. The van der Waals surface area contributed by atoms with Crippen LogP contribution in [0, 0.1) is 5.41 Å². The summed E-state index contributed by atoms with van der Waals surface area (Å²) in [7, 11) is 0. The van der Waals surface area contributed by atoms with Gasteiger partial charge in [-0.3, -0.25) is 0 Å². The van der Waals surface area contributed by atoms with Crippen LogP contribution in [0.25, 0.3) is 0 Å². The van der Waals surface area contributed by atoms with Gasteiger partial charge in [0.15, 0.2) is 0 Å². The van der Waals surface area contributed by atoms with Gasteiger partial charge in [-0.05, 0) is 37.8 Å². The third-order valence-corrected chi connectivity index (χ3v) is 4.87. The average molecular weight is 258 g/mol. The zero-order valence-corrected chi connectivity index (χ0v) is 12.9. The number of thioether (sulfide) groups is 1. The van der Waals surface area contributed by atoms with Crippen molar-refractivity contribution in [1.29, 1.82) is 0 Å². The fourth-order valence-corrected chi connectivity index (χ4v) is 4.15. The molecule has 2 unspecified atom stereocenters. The molecule has 0 spiro atoms. The van der Waals surface area contributed by atoms with E-state index >= 15 is 0 Å². The molecule has 1 rings (SSSR count). The first-order chi connectivity index (χ1) is 7.93. The van der Waals surface area contributed by atoms with E-state index in [2.05, 4.69) is 44.4 Å². The Hall–Kier alpha value is 0.270. The lowest BCUT2D eigenvalue weighted by Crippen LogP contribution is -2.41. The van der Waals surface area contributed by atoms with Crippen LogP contribution in [0.2, 0.25) is 0 Å². The normalized spacial score (nSPS) is 27.4. The van der Waals surface area contributed by atoms with E-state index in [1.165, 1.54) is 32.5 Å². The van der Waals surface area contributed by atoms with Crippen molar-refractivity contribution >= 4 is 11.8 Å². The maximum atomic E-state index is 5.65. The molecule has 102 valence electrons. The van der Waals surface area contributed by atoms with Crippen LogP contribution in [0.4, 0.5) is 0 Å². The quantitative estimate of drug-likeness (QED) is 0.794. The Balaban J connectivity index is 2.22. The predicted molar refractivity (Wildman–Crippen MR) is 79.6 cm³/mol. The van der Waals surface area contributed by atoms with Gasteiger partial charge in [-0.25, -0.2) is 0 Å². The van der Waals surface area contributed by atoms with Crippen molar-refractivity contribution in [2.45, 2.75) is 57.5 Å². The molecule has 0 bridgehead atoms. The summed E-state index contributed by atoms with van der Waals surface area (Å²) in [5, 5.41) is 1.60. The van der Waals surface area contributed by atoms with Gasteiger partial charge in [0.25, 0.3) is 0 Å². The Morgan fingerprint density at radius 2 is 1.76 bits per heavy atom. The second kappa shape index (κ2) is 7.01. The van der Waals surface area contributed by atoms with Gasteiger partial charge in [0.1, 0.15) is 0 Å². The van der Waals surface area contributed by atoms with E-state index in [9.17, 15) is 0 Å². The lowest BCUT2D eigenvalue weighted by molar-refractivity contribution is 0.233. The Kier molecular flexibility index (Phi) is 6.32. The summed E-state index contributed by atoms with van der Waals surface area (Å²) in [5.41, 5.74) is 6.08. The van der Waals surface area contributed by atoms with Gasteiger partial charge < -0.3 is 10.6 Å². The summed E-state index contributed by atoms with van der Waals surface area (Å²) < 4.78 is 0. The van der Waals surface area contributed by atoms with Gasteiger partial charge in [0.2, 0.25) is 0 Å². The lowest BCUT2D eigenvalue weighted by atomic mass is 9.84. The molecule has 1 saturated heterocycles. The summed E-state index contributed by atoms with van der Waals surface area (Å²) >= 11 is 2.13. The number of nitrogens with zero attached hydrogens (tertiary/aromatic N) is 1. The molecule has 2 nitrogen and oxygen atoms in total. The lowest BCUT2D eigenvalue weighted by Gasteiger charge is -2.35. The van der Waals surface area contributed by atoms with Crippen LogP contribution in [-0.2, 0) is 0 Å². The van der Waals surface area contributed by atoms with Crippen molar-refractivity contribution in [2.75, 3.05) is 26.2 Å². The van der Waals surface area contributed by atoms with Crippen molar-refractivity contribution in [3.8, 4) is 0 Å². The molecular formula is C14H30N2S. The standard InChI is InChI=1S/C14H30N2S/c1-12-10-16(11-13(2)17-12)9-5-6-14(3,4)7-8-15/h12-13H,5-11,15H2,1-4H3. The molecule has 17 heavy (non-hydrogen) atoms. The van der Waals surface area contributed by atoms with Crippen LogP contribution >= 0.6 is 11.8 Å². The summed E-state index contributed by atoms with van der Waals surface area (Å²) in [6.07, 6.45) is 3.77. The molecular weight excluding hydrogens is 228 g/mol. The minimum Gasteiger partial charge on any atom is -0.330 e. The molecule has 0 aliphatic carbocycles. The SMILES string of the molecule is CC1CN(CCCC(C)(C)CCN)CC(C)S1. The molecule has 1 aliphatic heterocycles. The smallest absolute Gasteiger partial charge is 0.0149 e. The molecule has 0 radical (unpaired) electrons. The monoisotopic (exact) mass is 258 g/mol. The van der Waals surface area contributed by atoms with Crippen molar-refractivity contribution in [2.24, 2.45) is 11.1 Å². The van der Waals surface area contributed by atoms with E-state index in [0.29, 0.717) is 5.41 Å². The molecule has 2 N–H and O–H groups in total. The van der Waals surface area contributed by atoms with E-state index in [4.69, 9.17) is 5.73 Å². The molecule has 3 heteroatoms. The highest BCUT2D eigenvalue weighted by Crippen LogP contribution is 2.28. The van der Waals surface area contributed by atoms with Crippen LogP contribution in [0.1, 0.15) is 47.0 Å². The van der Waals surface area contributed by atoms with Crippen molar-refractivity contribution in [1.82, 2.24) is 4.90 Å². The van der Waals surface area contributed by atoms with Gasteiger partial charge in [-0.15, -0.1) is 0 Å². The third kappa shape index (κ3) is 6.12. The molecule has 0 saturated carbocycles. The highest BCUT2D eigenvalue weighted by molar-refractivity contribution is 8.00. The zero-order valence-electron chi connectivity index (χ0n) is 12.0. The van der Waals surface area contributed by atoms with E-state index < -0.39 is 0 Å². The molecule has 0 aromatic heterocycles. The minimum absolute atomic E-state index is 0.427. The molecule has 2 atom stereocenters. The van der Waals surface area contributed by atoms with Gasteiger partial charge in [-0.2, -0.15) is 11.8 Å². The van der Waals surface area contributed by atoms with Crippen LogP contribution in [0.5, 0.6) is 0 Å². The van der Waals surface area contributed by atoms with Crippen LogP contribution in [0.3, 0.4) is 0 Å². The molecule has 0 aromatic carbocycles. The first kappa shape index (κ1) is 15.3. The number of rotatable bonds is 6. The van der Waals surface area contributed by atoms with Gasteiger partial charge >= 0.3 is 0 Å². The maximum absolute atomic E-state index is 5.65. The van der Waals surface area contributed by atoms with E-state index in [0.717, 1.165) is 23.5 Å². The van der Waals surface area contributed by atoms with Gasteiger partial charge in [0, 0.05) is 23.6 Å². The summed E-state index contributed by atoms with van der Waals surface area (Å²) in [4.78, 5) is 2.64. The fourth-order valence-electron chi connectivity index (χ4n) is 2.76. The van der Waals surface area contributed by atoms with Crippen LogP contribution in [-0.4, -0.2) is 41.6 Å². The van der Waals surface area contributed by atoms with Gasteiger partial charge in [-0.1, -0.05) is 27.7 Å². The topological polar surface area (TPSA) is 29.3 Å². The summed E-state index contributed by atoms with van der Waals surface area (Å²) in [5.74, 6) is 0. The average Bonchev–Trinajstić information content (AvgIpc) is 2.15. The Morgan fingerprint density at radius 1 is 1.18 bits per heavy atom. The maximum Gasteiger partial charge on any atom is 0.0149 e. The Labute approximate surface area is 112 Å². The van der Waals surface area contributed by atoms with E-state index in [1.807, 2.05) is 0 Å². The van der Waals surface area contributed by atoms with Crippen molar-refractivity contribution in [3.05, 3.63) is 0 Å². The second-order valence-electron chi connectivity index (χ2n) is 6.32. The highest BCUT2D eigenvalue weighted by Gasteiger charge is 2.23. The van der Waals surface area contributed by atoms with E-state index in [-0.39, 0.29) is 0 Å². The molecule has 1 aliphatic rings. The first-order valence-corrected chi connectivity index (χ1v) is 7.95. The third-order valence-electron chi connectivity index (χ3n) is 3.64. The molecule has 0 aromatic rings. The number of hydrogen-bond donors (Lipinski definition) is 1. The Bertz CT molecular complexity index is 208. The van der Waals surface area contributed by atoms with Gasteiger partial charge in [0.05, 0.1) is 0 Å². The van der Waals surface area contributed by atoms with Crippen LogP contribution < -0.4 is 5.73 Å². The predicted octanol–water partition coefficient (Wildman–Crippen LogP) is 2.97. The second-order valence-corrected chi connectivity index (χ2v) is 8.20. The molecule has 1 fully saturated rings. The highest BCUT2D eigenvalue weighted by atomic mass is 32.2. The van der Waals surface area contributed by atoms with E-state index in [1.54, 1.807) is 0 Å². The van der Waals surface area contributed by atoms with Crippen LogP contribution in [0.15, 0.2) is 0 Å². The fraction of sp³-hybridized carbons (Fsp3) is 1.00. The van der Waals surface area contributed by atoms with Crippen molar-refractivity contribution in [3.63, 3.8) is 0 Å². The van der Waals surface area contributed by atoms with Crippen molar-refractivity contribution < 1.29 is 0 Å². The minimum atomic E-state index is 0.427. The first-order valence-electron chi connectivity index (χ1n) is 7.01. The number of hydrogen-bond acceptors (Lipinski definition) is 3. The number of nitrogens with two attached hydrogens (primary N) is 1. The Morgan fingerprint density at radius 3 is 2.29 bits per heavy atom. The zero-order chi connectivity index (χ0) is 12.9. The summed E-state index contributed by atoms with van der Waals surface area (Å²) in [6.45, 7) is 14.0.